The van der Waals surface area contributed by atoms with Crippen molar-refractivity contribution in [3.05, 3.63) is 101 Å². The Labute approximate surface area is 266 Å². The molecule has 0 aliphatic carbocycles. The Balaban J connectivity index is 1.23. The third-order valence-corrected chi connectivity index (χ3v) is 9.19. The maximum Gasteiger partial charge on any atom is 0.260 e. The number of carbonyl (C=O) groups excluding carboxylic acids is 2. The number of rotatable bonds is 7. The molecule has 0 saturated heterocycles. The normalized spacial score (nSPS) is 19.1. The monoisotopic (exact) mass is 621 g/mol. The van der Waals surface area contributed by atoms with Gasteiger partial charge in [-0.1, -0.05) is 60.2 Å². The zero-order valence-electron chi connectivity index (χ0n) is 24.9. The van der Waals surface area contributed by atoms with Crippen LogP contribution in [-0.4, -0.2) is 53.6 Å². The Kier molecular flexibility index (Phi) is 7.45. The Bertz CT molecular complexity index is 1890. The van der Waals surface area contributed by atoms with Crippen LogP contribution < -0.4 is 14.4 Å². The molecule has 0 radical (unpaired) electrons. The standard InChI is InChI=1S/C36H32ClN3O5/c1-21-12-24-18-38-28-14-33(32(44-2)13-27(28)36(43)39(24)19-21)45-31(22-8-4-3-5-9-22)16-34(42)40-20-23(17-37)35-26-11-7-6-10-25(26)30(41)15-29(35)40/h3-11,13-15,18-19,23-24,31,41H,12,16-17,20H2,1-2H3/t23-,24+,31?/m1/s1. The number of phenolic OH excluding ortho intramolecular Hbond substituents is 1. The lowest BCUT2D eigenvalue weighted by atomic mass is 9.95. The van der Waals surface area contributed by atoms with Crippen molar-refractivity contribution in [1.29, 1.82) is 0 Å². The number of methoxy groups -OCH3 is 1. The molecule has 228 valence electrons. The van der Waals surface area contributed by atoms with E-state index in [4.69, 9.17) is 21.1 Å². The van der Waals surface area contributed by atoms with Crippen molar-refractivity contribution in [3.63, 3.8) is 0 Å². The molecular weight excluding hydrogens is 590 g/mol. The van der Waals surface area contributed by atoms with Crippen LogP contribution in [0.15, 0.2) is 89.6 Å². The molecule has 3 atom stereocenters. The second kappa shape index (κ2) is 11.6. The van der Waals surface area contributed by atoms with E-state index >= 15 is 0 Å². The van der Waals surface area contributed by atoms with E-state index in [1.165, 1.54) is 7.11 Å². The molecule has 2 amide bonds. The van der Waals surface area contributed by atoms with Crippen LogP contribution in [-0.2, 0) is 4.79 Å². The van der Waals surface area contributed by atoms with Crippen LogP contribution >= 0.6 is 11.6 Å². The van der Waals surface area contributed by atoms with E-state index < -0.39 is 6.10 Å². The van der Waals surface area contributed by atoms with E-state index in [0.717, 1.165) is 33.9 Å². The Hall–Kier alpha value is -4.82. The van der Waals surface area contributed by atoms with Crippen LogP contribution in [0.2, 0.25) is 0 Å². The first kappa shape index (κ1) is 28.9. The number of nitrogens with zero attached hydrogens (tertiary/aromatic N) is 3. The largest absolute Gasteiger partial charge is 0.507 e. The zero-order chi connectivity index (χ0) is 31.2. The summed E-state index contributed by atoms with van der Waals surface area (Å²) in [6, 6.07) is 22.0. The minimum Gasteiger partial charge on any atom is -0.507 e. The average molecular weight is 622 g/mol. The molecule has 0 fully saturated rings. The van der Waals surface area contributed by atoms with E-state index in [9.17, 15) is 14.7 Å². The summed E-state index contributed by atoms with van der Waals surface area (Å²) < 4.78 is 12.3. The molecule has 3 heterocycles. The number of fused-ring (bicyclic) bond motifs is 5. The van der Waals surface area contributed by atoms with Crippen molar-refractivity contribution in [2.45, 2.75) is 37.8 Å². The second-order valence-corrected chi connectivity index (χ2v) is 12.0. The van der Waals surface area contributed by atoms with Gasteiger partial charge in [-0.25, -0.2) is 0 Å². The highest BCUT2D eigenvalue weighted by molar-refractivity contribution is 6.19. The molecule has 0 bridgehead atoms. The van der Waals surface area contributed by atoms with Crippen LogP contribution in [0.4, 0.5) is 11.4 Å². The van der Waals surface area contributed by atoms with Gasteiger partial charge in [0.25, 0.3) is 5.91 Å². The molecule has 9 heteroatoms. The van der Waals surface area contributed by atoms with Crippen LogP contribution in [0.5, 0.6) is 17.2 Å². The third-order valence-electron chi connectivity index (χ3n) is 8.81. The highest BCUT2D eigenvalue weighted by Crippen LogP contribution is 2.46. The lowest BCUT2D eigenvalue weighted by Gasteiger charge is -2.25. The molecular formula is C36H32ClN3O5. The summed E-state index contributed by atoms with van der Waals surface area (Å²) in [4.78, 5) is 35.7. The van der Waals surface area contributed by atoms with Gasteiger partial charge in [-0.3, -0.25) is 14.6 Å². The summed E-state index contributed by atoms with van der Waals surface area (Å²) in [6.45, 7) is 2.40. The number of aliphatic imine (C=N–C) groups is 1. The first-order valence-corrected chi connectivity index (χ1v) is 15.5. The van der Waals surface area contributed by atoms with Gasteiger partial charge in [0, 0.05) is 48.3 Å². The molecule has 0 aromatic heterocycles. The fourth-order valence-electron chi connectivity index (χ4n) is 6.64. The number of benzene rings is 4. The Morgan fingerprint density at radius 1 is 1.07 bits per heavy atom. The van der Waals surface area contributed by atoms with Gasteiger partial charge < -0.3 is 24.4 Å². The third kappa shape index (κ3) is 5.09. The summed E-state index contributed by atoms with van der Waals surface area (Å²) in [5.41, 5.74) is 4.45. The van der Waals surface area contributed by atoms with Gasteiger partial charge in [-0.05, 0) is 35.9 Å². The molecule has 45 heavy (non-hydrogen) atoms. The summed E-state index contributed by atoms with van der Waals surface area (Å²) in [7, 11) is 1.52. The summed E-state index contributed by atoms with van der Waals surface area (Å²) in [5.74, 6) is 0.794. The highest BCUT2D eigenvalue weighted by atomic mass is 35.5. The quantitative estimate of drug-likeness (QED) is 0.219. The predicted octanol–water partition coefficient (Wildman–Crippen LogP) is 7.27. The first-order valence-electron chi connectivity index (χ1n) is 14.9. The van der Waals surface area contributed by atoms with Crippen molar-refractivity contribution in [3.8, 4) is 17.2 Å². The van der Waals surface area contributed by atoms with Gasteiger partial charge in [-0.2, -0.15) is 0 Å². The van der Waals surface area contributed by atoms with Crippen LogP contribution in [0.25, 0.3) is 10.8 Å². The second-order valence-electron chi connectivity index (χ2n) is 11.7. The minimum absolute atomic E-state index is 0.00834. The minimum atomic E-state index is -0.683. The molecule has 4 aromatic rings. The number of hydrogen-bond donors (Lipinski definition) is 1. The fraction of sp³-hybridized carbons (Fsp3) is 0.250. The molecule has 0 saturated carbocycles. The van der Waals surface area contributed by atoms with Crippen LogP contribution in [0.3, 0.4) is 0 Å². The van der Waals surface area contributed by atoms with Crippen LogP contribution in [0.1, 0.15) is 53.3 Å². The summed E-state index contributed by atoms with van der Waals surface area (Å²) >= 11 is 6.43. The molecule has 4 aromatic carbocycles. The predicted molar refractivity (Wildman–Crippen MR) is 175 cm³/mol. The van der Waals surface area contributed by atoms with Crippen LogP contribution in [0, 0.1) is 0 Å². The van der Waals surface area contributed by atoms with E-state index in [0.29, 0.717) is 40.9 Å². The average Bonchev–Trinajstić information content (AvgIpc) is 3.60. The SMILES string of the molecule is COc1cc2c(cc1OC(CC(=O)N1C[C@@H](CCl)c3c1cc(O)c1ccccc31)c1ccccc1)N=C[C@@H]1CC(C)=CN1C2=O. The number of alkyl halides is 1. The number of anilines is 1. The molecule has 3 aliphatic rings. The van der Waals surface area contributed by atoms with Crippen molar-refractivity contribution in [2.75, 3.05) is 24.4 Å². The number of aromatic hydroxyl groups is 1. The Morgan fingerprint density at radius 3 is 2.58 bits per heavy atom. The number of hydrogen-bond acceptors (Lipinski definition) is 6. The summed E-state index contributed by atoms with van der Waals surface area (Å²) in [6.07, 6.45) is 3.73. The van der Waals surface area contributed by atoms with E-state index in [2.05, 4.69) is 4.99 Å². The molecule has 1 unspecified atom stereocenters. The van der Waals surface area contributed by atoms with Crippen molar-refractivity contribution in [2.24, 2.45) is 4.99 Å². The first-order chi connectivity index (χ1) is 21.9. The van der Waals surface area contributed by atoms with Gasteiger partial charge in [-0.15, -0.1) is 11.6 Å². The van der Waals surface area contributed by atoms with E-state index in [1.54, 1.807) is 34.2 Å². The number of halogens is 1. The Morgan fingerprint density at radius 2 is 1.82 bits per heavy atom. The summed E-state index contributed by atoms with van der Waals surface area (Å²) in [5, 5.41) is 12.5. The molecule has 7 rings (SSSR count). The van der Waals surface area contributed by atoms with E-state index in [1.807, 2.05) is 67.7 Å². The van der Waals surface area contributed by atoms with Crippen molar-refractivity contribution >= 4 is 51.8 Å². The topological polar surface area (TPSA) is 91.7 Å². The zero-order valence-corrected chi connectivity index (χ0v) is 25.7. The number of phenols is 1. The van der Waals surface area contributed by atoms with Gasteiger partial charge in [0.15, 0.2) is 11.5 Å². The van der Waals surface area contributed by atoms with Gasteiger partial charge >= 0.3 is 0 Å². The number of carbonyl (C=O) groups is 2. The smallest absolute Gasteiger partial charge is 0.260 e. The molecule has 0 spiro atoms. The number of amides is 2. The van der Waals surface area contributed by atoms with Gasteiger partial charge in [0.05, 0.1) is 36.5 Å². The van der Waals surface area contributed by atoms with Crippen molar-refractivity contribution < 1.29 is 24.2 Å². The van der Waals surface area contributed by atoms with Gasteiger partial charge in [0.1, 0.15) is 11.9 Å². The molecule has 1 N–H and O–H groups in total. The maximum absolute atomic E-state index is 14.1. The lowest BCUT2D eigenvalue weighted by Crippen LogP contribution is -2.32. The highest BCUT2D eigenvalue weighted by Gasteiger charge is 2.36. The van der Waals surface area contributed by atoms with E-state index in [-0.39, 0.29) is 35.9 Å². The molecule has 8 nitrogen and oxygen atoms in total. The maximum atomic E-state index is 14.1. The lowest BCUT2D eigenvalue weighted by molar-refractivity contribution is -0.120. The molecule has 3 aliphatic heterocycles. The number of ether oxygens (including phenoxy) is 2. The van der Waals surface area contributed by atoms with Crippen molar-refractivity contribution in [1.82, 2.24) is 4.90 Å². The fourth-order valence-corrected chi connectivity index (χ4v) is 6.89. The van der Waals surface area contributed by atoms with Gasteiger partial charge in [0.2, 0.25) is 5.91 Å².